The Morgan fingerprint density at radius 3 is 1.82 bits per heavy atom. The third-order valence-electron chi connectivity index (χ3n) is 9.58. The fraction of sp³-hybridized carbons (Fsp3) is 0.0476. The normalized spacial score (nSPS) is 13.3. The van der Waals surface area contributed by atoms with Crippen molar-refractivity contribution in [2.24, 2.45) is 0 Å². The van der Waals surface area contributed by atoms with Gasteiger partial charge in [0.2, 0.25) is 0 Å². The van der Waals surface area contributed by atoms with Crippen molar-refractivity contribution < 1.29 is 0 Å². The van der Waals surface area contributed by atoms with Gasteiger partial charge < -0.3 is 0 Å². The van der Waals surface area contributed by atoms with Crippen molar-refractivity contribution in [1.82, 2.24) is 9.97 Å². The molecule has 8 aromatic rings. The summed E-state index contributed by atoms with van der Waals surface area (Å²) in [6, 6.07) is 52.4. The van der Waals surface area contributed by atoms with E-state index < -0.39 is 8.07 Å². The van der Waals surface area contributed by atoms with E-state index in [4.69, 9.17) is 9.97 Å². The third kappa shape index (κ3) is 3.87. The molecule has 0 radical (unpaired) electrons. The monoisotopic (exact) mass is 590 g/mol. The standard InChI is InChI=1S/C42H30N2Si/c1-45(2)40-35-24-11-9-22-33(35)32-21-8-10-23-34(32)37(40)38-39(30-19-12-18-29(26-30)27-14-4-3-5-15-27)43-41(44-42(38)45)36-25-13-17-28-16-6-7-20-31(28)36/h3-26H,1-2H3. The molecule has 9 rings (SSSR count). The molecule has 212 valence electrons. The summed E-state index contributed by atoms with van der Waals surface area (Å²) >= 11 is 0. The van der Waals surface area contributed by atoms with Gasteiger partial charge in [-0.2, -0.15) is 0 Å². The Kier molecular flexibility index (Phi) is 5.68. The first-order valence-corrected chi connectivity index (χ1v) is 18.6. The lowest BCUT2D eigenvalue weighted by Gasteiger charge is -2.21. The van der Waals surface area contributed by atoms with Gasteiger partial charge in [-0.25, -0.2) is 9.97 Å². The van der Waals surface area contributed by atoms with Crippen LogP contribution in [-0.2, 0) is 0 Å². The van der Waals surface area contributed by atoms with Gasteiger partial charge in [-0.05, 0) is 60.3 Å². The summed E-state index contributed by atoms with van der Waals surface area (Å²) < 4.78 is 0. The summed E-state index contributed by atoms with van der Waals surface area (Å²) in [5.41, 5.74) is 8.12. The van der Waals surface area contributed by atoms with Gasteiger partial charge in [0.05, 0.1) is 5.69 Å². The molecule has 2 nitrogen and oxygen atoms in total. The molecule has 7 aromatic carbocycles. The molecule has 0 unspecified atom stereocenters. The Morgan fingerprint density at radius 2 is 1.02 bits per heavy atom. The molecule has 0 saturated carbocycles. The Balaban J connectivity index is 1.43. The van der Waals surface area contributed by atoms with Gasteiger partial charge in [0.1, 0.15) is 8.07 Å². The summed E-state index contributed by atoms with van der Waals surface area (Å²) in [5.74, 6) is 0.799. The Bertz CT molecular complexity index is 2460. The first-order valence-electron chi connectivity index (χ1n) is 15.6. The minimum atomic E-state index is -2.29. The molecule has 45 heavy (non-hydrogen) atoms. The summed E-state index contributed by atoms with van der Waals surface area (Å²) in [6.07, 6.45) is 0. The minimum absolute atomic E-state index is 0.799. The van der Waals surface area contributed by atoms with Crippen molar-refractivity contribution in [2.75, 3.05) is 0 Å². The van der Waals surface area contributed by atoms with Crippen LogP contribution < -0.4 is 10.5 Å². The first kappa shape index (κ1) is 26.1. The van der Waals surface area contributed by atoms with Crippen LogP contribution in [0.2, 0.25) is 13.1 Å². The highest BCUT2D eigenvalue weighted by Crippen LogP contribution is 2.43. The van der Waals surface area contributed by atoms with Gasteiger partial charge in [-0.3, -0.25) is 0 Å². The minimum Gasteiger partial charge on any atom is -0.237 e. The van der Waals surface area contributed by atoms with E-state index in [2.05, 4.69) is 159 Å². The molecule has 0 amide bonds. The molecule has 0 bridgehead atoms. The first-order chi connectivity index (χ1) is 22.1. The largest absolute Gasteiger partial charge is 0.237 e. The Morgan fingerprint density at radius 1 is 0.444 bits per heavy atom. The zero-order valence-corrected chi connectivity index (χ0v) is 26.3. The van der Waals surface area contributed by atoms with Gasteiger partial charge >= 0.3 is 0 Å². The molecular weight excluding hydrogens is 561 g/mol. The van der Waals surface area contributed by atoms with E-state index in [9.17, 15) is 0 Å². The van der Waals surface area contributed by atoms with Crippen LogP contribution in [0.25, 0.3) is 77.2 Å². The Hall–Kier alpha value is -5.38. The van der Waals surface area contributed by atoms with Crippen LogP contribution in [0, 0.1) is 0 Å². The smallest absolute Gasteiger partial charge is 0.160 e. The molecule has 2 heterocycles. The maximum absolute atomic E-state index is 5.57. The van der Waals surface area contributed by atoms with E-state index in [1.54, 1.807) is 0 Å². The highest BCUT2D eigenvalue weighted by atomic mass is 28.3. The molecule has 0 saturated heterocycles. The van der Waals surface area contributed by atoms with Crippen molar-refractivity contribution in [3.63, 3.8) is 0 Å². The second-order valence-electron chi connectivity index (χ2n) is 12.6. The summed E-state index contributed by atoms with van der Waals surface area (Å²) in [6.45, 7) is 4.95. The van der Waals surface area contributed by atoms with Gasteiger partial charge in [0, 0.05) is 22.0 Å². The van der Waals surface area contributed by atoms with Gasteiger partial charge in [-0.1, -0.05) is 153 Å². The van der Waals surface area contributed by atoms with Crippen molar-refractivity contribution in [2.45, 2.75) is 13.1 Å². The van der Waals surface area contributed by atoms with E-state index in [0.717, 1.165) is 22.6 Å². The van der Waals surface area contributed by atoms with Crippen molar-refractivity contribution in [3.8, 4) is 44.9 Å². The molecule has 0 atom stereocenters. The molecule has 0 aliphatic carbocycles. The van der Waals surface area contributed by atoms with Gasteiger partial charge in [0.15, 0.2) is 5.82 Å². The van der Waals surface area contributed by atoms with Crippen LogP contribution in [0.3, 0.4) is 0 Å². The van der Waals surface area contributed by atoms with E-state index in [1.807, 2.05) is 0 Å². The van der Waals surface area contributed by atoms with E-state index >= 15 is 0 Å². The van der Waals surface area contributed by atoms with Crippen LogP contribution in [0.15, 0.2) is 146 Å². The molecule has 3 heteroatoms. The highest BCUT2D eigenvalue weighted by Gasteiger charge is 2.44. The summed E-state index contributed by atoms with van der Waals surface area (Å²) in [7, 11) is -2.29. The maximum atomic E-state index is 5.57. The lowest BCUT2D eigenvalue weighted by atomic mass is 9.91. The lowest BCUT2D eigenvalue weighted by molar-refractivity contribution is 1.21. The zero-order chi connectivity index (χ0) is 30.1. The molecule has 1 aromatic heterocycles. The predicted molar refractivity (Wildman–Crippen MR) is 193 cm³/mol. The number of benzene rings is 7. The van der Waals surface area contributed by atoms with Gasteiger partial charge in [-0.15, -0.1) is 0 Å². The van der Waals surface area contributed by atoms with Crippen LogP contribution in [0.1, 0.15) is 0 Å². The topological polar surface area (TPSA) is 25.8 Å². The molecule has 0 spiro atoms. The summed E-state index contributed by atoms with van der Waals surface area (Å²) in [4.78, 5) is 11.1. The lowest BCUT2D eigenvalue weighted by Crippen LogP contribution is -2.51. The van der Waals surface area contributed by atoms with Crippen LogP contribution in [0.4, 0.5) is 0 Å². The predicted octanol–water partition coefficient (Wildman–Crippen LogP) is 9.74. The van der Waals surface area contributed by atoms with Crippen LogP contribution in [0.5, 0.6) is 0 Å². The number of hydrogen-bond donors (Lipinski definition) is 0. The molecule has 1 aliphatic rings. The SMILES string of the molecule is C[Si]1(C)c2nc(-c3cccc4ccccc34)nc(-c3cccc(-c4ccccc4)c3)c2-c2c1c1ccccc1c1ccccc21. The number of nitrogens with zero attached hydrogens (tertiary/aromatic N) is 2. The maximum Gasteiger partial charge on any atom is 0.160 e. The second-order valence-corrected chi connectivity index (χ2v) is 16.8. The summed E-state index contributed by atoms with van der Waals surface area (Å²) in [5, 5.41) is 10.3. The Labute approximate surface area is 263 Å². The van der Waals surface area contributed by atoms with Crippen molar-refractivity contribution in [1.29, 1.82) is 0 Å². The number of fused-ring (bicyclic) bond motifs is 9. The van der Waals surface area contributed by atoms with E-state index in [-0.39, 0.29) is 0 Å². The average Bonchev–Trinajstić information content (AvgIpc) is 3.35. The van der Waals surface area contributed by atoms with Crippen LogP contribution in [-0.4, -0.2) is 18.0 Å². The zero-order valence-electron chi connectivity index (χ0n) is 25.3. The molecule has 1 aliphatic heterocycles. The number of rotatable bonds is 3. The fourth-order valence-corrected chi connectivity index (χ4v) is 10.8. The van der Waals surface area contributed by atoms with Crippen LogP contribution >= 0.6 is 0 Å². The molecular formula is C42H30N2Si. The number of aromatic nitrogens is 2. The van der Waals surface area contributed by atoms with Crippen molar-refractivity contribution in [3.05, 3.63) is 146 Å². The fourth-order valence-electron chi connectivity index (χ4n) is 7.54. The quantitative estimate of drug-likeness (QED) is 0.151. The van der Waals surface area contributed by atoms with E-state index in [1.165, 1.54) is 65.1 Å². The average molecular weight is 591 g/mol. The second kappa shape index (κ2) is 9.81. The third-order valence-corrected chi connectivity index (χ3v) is 12.9. The van der Waals surface area contributed by atoms with Gasteiger partial charge in [0.25, 0.3) is 0 Å². The molecule has 0 fully saturated rings. The molecule has 0 N–H and O–H groups in total. The van der Waals surface area contributed by atoms with E-state index in [0.29, 0.717) is 0 Å². The number of hydrogen-bond acceptors (Lipinski definition) is 2. The highest BCUT2D eigenvalue weighted by molar-refractivity contribution is 7.05. The van der Waals surface area contributed by atoms with Crippen molar-refractivity contribution >= 4 is 50.9 Å².